The number of hydrogen-bond donors (Lipinski definition) is 0. The first-order valence-electron chi connectivity index (χ1n) is 11.2. The summed E-state index contributed by atoms with van der Waals surface area (Å²) in [6.45, 7) is 2.45. The van der Waals surface area contributed by atoms with Crippen molar-refractivity contribution in [1.82, 2.24) is 14.3 Å². The normalized spacial score (nSPS) is 11.2. The number of methoxy groups -OCH3 is 1. The fraction of sp³-hybridized carbons (Fsp3) is 0.138. The average Bonchev–Trinajstić information content (AvgIpc) is 3.23. The molecule has 0 aliphatic heterocycles. The Hall–Kier alpha value is -3.89. The van der Waals surface area contributed by atoms with E-state index in [-0.39, 0.29) is 0 Å². The molecule has 0 unspecified atom stereocenters. The van der Waals surface area contributed by atoms with Crippen molar-refractivity contribution in [2.45, 2.75) is 19.6 Å². The van der Waals surface area contributed by atoms with E-state index in [0.717, 1.165) is 48.0 Å². The third-order valence-corrected chi connectivity index (χ3v) is 5.84. The second-order valence-corrected chi connectivity index (χ2v) is 8.18. The van der Waals surface area contributed by atoms with Gasteiger partial charge in [0.1, 0.15) is 11.4 Å². The largest absolute Gasteiger partial charge is 0.497 e. The summed E-state index contributed by atoms with van der Waals surface area (Å²) in [5, 5.41) is 0. The number of nitrogens with zero attached hydrogens (tertiary/aromatic N) is 3. The van der Waals surface area contributed by atoms with E-state index in [9.17, 15) is 0 Å². The maximum absolute atomic E-state index is 5.37. The summed E-state index contributed by atoms with van der Waals surface area (Å²) in [4.78, 5) is 7.50. The highest BCUT2D eigenvalue weighted by molar-refractivity contribution is 5.68. The molecule has 164 valence electrons. The number of rotatable bonds is 8. The van der Waals surface area contributed by atoms with Crippen molar-refractivity contribution in [2.75, 3.05) is 7.11 Å². The number of pyridine rings is 1. The molecule has 2 aromatic heterocycles. The van der Waals surface area contributed by atoms with E-state index in [1.807, 2.05) is 18.2 Å². The highest BCUT2D eigenvalue weighted by Crippen LogP contribution is 2.29. The van der Waals surface area contributed by atoms with Gasteiger partial charge in [-0.05, 0) is 47.5 Å². The Morgan fingerprint density at radius 2 is 1.30 bits per heavy atom. The van der Waals surface area contributed by atoms with Crippen LogP contribution < -0.4 is 4.74 Å². The van der Waals surface area contributed by atoms with Crippen molar-refractivity contribution in [3.05, 3.63) is 126 Å². The SMILES string of the molecule is COc1ccc(-c2c(CN(Cc3ccccc3)Cc3ccccc3)nc3ccccn23)cc1. The Morgan fingerprint density at radius 3 is 1.91 bits per heavy atom. The lowest BCUT2D eigenvalue weighted by molar-refractivity contribution is 0.245. The molecule has 0 radical (unpaired) electrons. The van der Waals surface area contributed by atoms with Gasteiger partial charge in [-0.3, -0.25) is 9.30 Å². The van der Waals surface area contributed by atoms with E-state index in [1.54, 1.807) is 7.11 Å². The Bertz CT molecular complexity index is 1270. The molecule has 0 atom stereocenters. The molecule has 0 aliphatic carbocycles. The van der Waals surface area contributed by atoms with Crippen molar-refractivity contribution < 1.29 is 4.74 Å². The molecule has 0 bridgehead atoms. The topological polar surface area (TPSA) is 29.8 Å². The van der Waals surface area contributed by atoms with Crippen LogP contribution in [0.4, 0.5) is 0 Å². The molecule has 2 heterocycles. The van der Waals surface area contributed by atoms with Crippen LogP contribution in [0.5, 0.6) is 5.75 Å². The van der Waals surface area contributed by atoms with E-state index < -0.39 is 0 Å². The van der Waals surface area contributed by atoms with Gasteiger partial charge in [0.15, 0.2) is 0 Å². The fourth-order valence-electron chi connectivity index (χ4n) is 4.27. The number of aromatic nitrogens is 2. The standard InChI is InChI=1S/C29H27N3O/c1-33-26-17-15-25(16-18-26)29-27(30-28-14-8-9-19-32(28)29)22-31(20-23-10-4-2-5-11-23)21-24-12-6-3-7-13-24/h2-19H,20-22H2,1H3. The van der Waals surface area contributed by atoms with Crippen LogP contribution in [0, 0.1) is 0 Å². The van der Waals surface area contributed by atoms with Crippen LogP contribution in [-0.4, -0.2) is 21.4 Å². The molecular weight excluding hydrogens is 406 g/mol. The maximum Gasteiger partial charge on any atom is 0.137 e. The predicted molar refractivity (Wildman–Crippen MR) is 133 cm³/mol. The van der Waals surface area contributed by atoms with E-state index in [4.69, 9.17) is 9.72 Å². The van der Waals surface area contributed by atoms with Crippen LogP contribution in [0.3, 0.4) is 0 Å². The van der Waals surface area contributed by atoms with E-state index in [1.165, 1.54) is 11.1 Å². The third-order valence-electron chi connectivity index (χ3n) is 5.84. The lowest BCUT2D eigenvalue weighted by Gasteiger charge is -2.22. The van der Waals surface area contributed by atoms with Gasteiger partial charge >= 0.3 is 0 Å². The molecule has 0 saturated heterocycles. The second kappa shape index (κ2) is 9.72. The number of hydrogen-bond acceptors (Lipinski definition) is 3. The van der Waals surface area contributed by atoms with Crippen LogP contribution in [-0.2, 0) is 19.6 Å². The second-order valence-electron chi connectivity index (χ2n) is 8.18. The lowest BCUT2D eigenvalue weighted by atomic mass is 10.1. The Balaban J connectivity index is 1.54. The summed E-state index contributed by atoms with van der Waals surface area (Å²) in [6, 6.07) is 35.7. The highest BCUT2D eigenvalue weighted by Gasteiger charge is 2.18. The first kappa shape index (κ1) is 21.0. The van der Waals surface area contributed by atoms with Gasteiger partial charge in [-0.2, -0.15) is 0 Å². The van der Waals surface area contributed by atoms with Crippen LogP contribution in [0.1, 0.15) is 16.8 Å². The molecular formula is C29H27N3O. The minimum atomic E-state index is 0.743. The molecule has 0 amide bonds. The van der Waals surface area contributed by atoms with Gasteiger partial charge < -0.3 is 4.74 Å². The number of ether oxygens (including phenoxy) is 1. The molecule has 4 heteroatoms. The molecule has 5 aromatic rings. The molecule has 0 saturated carbocycles. The van der Waals surface area contributed by atoms with Gasteiger partial charge in [0.25, 0.3) is 0 Å². The van der Waals surface area contributed by atoms with Gasteiger partial charge in [0, 0.05) is 31.4 Å². The Morgan fingerprint density at radius 1 is 0.697 bits per heavy atom. The molecule has 0 aliphatic rings. The van der Waals surface area contributed by atoms with Crippen molar-refractivity contribution in [3.63, 3.8) is 0 Å². The van der Waals surface area contributed by atoms with Gasteiger partial charge in [0.05, 0.1) is 18.5 Å². The van der Waals surface area contributed by atoms with Crippen molar-refractivity contribution in [3.8, 4) is 17.0 Å². The lowest BCUT2D eigenvalue weighted by Crippen LogP contribution is -2.23. The molecule has 0 spiro atoms. The maximum atomic E-state index is 5.37. The van der Waals surface area contributed by atoms with Gasteiger partial charge in [-0.1, -0.05) is 66.7 Å². The summed E-state index contributed by atoms with van der Waals surface area (Å²) < 4.78 is 7.55. The van der Waals surface area contributed by atoms with Gasteiger partial charge in [0.2, 0.25) is 0 Å². The number of benzene rings is 3. The van der Waals surface area contributed by atoms with Crippen molar-refractivity contribution >= 4 is 5.65 Å². The van der Waals surface area contributed by atoms with Crippen LogP contribution in [0.15, 0.2) is 109 Å². The molecule has 4 nitrogen and oxygen atoms in total. The summed E-state index contributed by atoms with van der Waals surface area (Å²) in [5.74, 6) is 0.851. The first-order valence-corrected chi connectivity index (χ1v) is 11.2. The molecule has 5 rings (SSSR count). The fourth-order valence-corrected chi connectivity index (χ4v) is 4.27. The first-order chi connectivity index (χ1) is 16.3. The zero-order valence-electron chi connectivity index (χ0n) is 18.8. The summed E-state index contributed by atoms with van der Waals surface area (Å²) >= 11 is 0. The monoisotopic (exact) mass is 433 g/mol. The Labute approximate surface area is 194 Å². The van der Waals surface area contributed by atoms with Gasteiger partial charge in [-0.25, -0.2) is 4.98 Å². The molecule has 0 N–H and O–H groups in total. The summed E-state index contributed by atoms with van der Waals surface area (Å²) in [6.07, 6.45) is 2.09. The molecule has 0 fully saturated rings. The quantitative estimate of drug-likeness (QED) is 0.291. The third kappa shape index (κ3) is 4.81. The molecule has 33 heavy (non-hydrogen) atoms. The summed E-state index contributed by atoms with van der Waals surface area (Å²) in [5.41, 5.74) is 6.87. The van der Waals surface area contributed by atoms with Crippen LogP contribution >= 0.6 is 0 Å². The van der Waals surface area contributed by atoms with Crippen molar-refractivity contribution in [2.24, 2.45) is 0 Å². The Kier molecular flexibility index (Phi) is 6.18. The minimum Gasteiger partial charge on any atom is -0.497 e. The summed E-state index contributed by atoms with van der Waals surface area (Å²) in [7, 11) is 1.69. The predicted octanol–water partition coefficient (Wildman–Crippen LogP) is 6.21. The van der Waals surface area contributed by atoms with E-state index in [2.05, 4.69) is 100 Å². The van der Waals surface area contributed by atoms with Crippen LogP contribution in [0.2, 0.25) is 0 Å². The highest BCUT2D eigenvalue weighted by atomic mass is 16.5. The number of fused-ring (bicyclic) bond motifs is 1. The van der Waals surface area contributed by atoms with Gasteiger partial charge in [-0.15, -0.1) is 0 Å². The zero-order valence-corrected chi connectivity index (χ0v) is 18.8. The molecule has 3 aromatic carbocycles. The van der Waals surface area contributed by atoms with E-state index >= 15 is 0 Å². The smallest absolute Gasteiger partial charge is 0.137 e. The van der Waals surface area contributed by atoms with Crippen LogP contribution in [0.25, 0.3) is 16.9 Å². The minimum absolute atomic E-state index is 0.743. The number of imidazole rings is 1. The average molecular weight is 434 g/mol. The van der Waals surface area contributed by atoms with E-state index in [0.29, 0.717) is 0 Å². The zero-order chi connectivity index (χ0) is 22.5. The van der Waals surface area contributed by atoms with Crippen molar-refractivity contribution in [1.29, 1.82) is 0 Å².